The van der Waals surface area contributed by atoms with Crippen LogP contribution in [0.15, 0.2) is 41.6 Å². The maximum atomic E-state index is 13.0. The lowest BCUT2D eigenvalue weighted by Gasteiger charge is -2.19. The van der Waals surface area contributed by atoms with Crippen molar-refractivity contribution in [3.05, 3.63) is 58.5 Å². The molecule has 3 aromatic rings. The number of aromatic nitrogens is 5. The zero-order valence-electron chi connectivity index (χ0n) is 16.9. The topological polar surface area (TPSA) is 130 Å². The van der Waals surface area contributed by atoms with Gasteiger partial charge in [0.1, 0.15) is 23.8 Å². The van der Waals surface area contributed by atoms with Crippen LogP contribution in [0.4, 0.5) is 0 Å². The average molecular weight is 424 g/mol. The molecule has 1 N–H and O–H groups in total. The Kier molecular flexibility index (Phi) is 5.85. The van der Waals surface area contributed by atoms with Crippen LogP contribution >= 0.6 is 0 Å². The number of fused-ring (bicyclic) bond motifs is 1. The van der Waals surface area contributed by atoms with E-state index < -0.39 is 11.9 Å². The fourth-order valence-electron chi connectivity index (χ4n) is 3.23. The van der Waals surface area contributed by atoms with Crippen molar-refractivity contribution in [2.75, 3.05) is 27.4 Å². The van der Waals surface area contributed by atoms with Gasteiger partial charge < -0.3 is 19.5 Å². The van der Waals surface area contributed by atoms with E-state index in [0.29, 0.717) is 36.2 Å². The summed E-state index contributed by atoms with van der Waals surface area (Å²) in [4.78, 5) is 42.5. The molecule has 1 atom stereocenters. The lowest BCUT2D eigenvalue weighted by atomic mass is 10.2. The van der Waals surface area contributed by atoms with E-state index in [9.17, 15) is 9.59 Å². The molecule has 0 saturated heterocycles. The molecule has 1 aliphatic heterocycles. The molecule has 4 heterocycles. The predicted octanol–water partition coefficient (Wildman–Crippen LogP) is 0.614. The summed E-state index contributed by atoms with van der Waals surface area (Å²) < 4.78 is 17.4. The lowest BCUT2D eigenvalue weighted by molar-refractivity contribution is 0.0852. The Balaban J connectivity index is 1.70. The van der Waals surface area contributed by atoms with Gasteiger partial charge in [0.15, 0.2) is 0 Å². The summed E-state index contributed by atoms with van der Waals surface area (Å²) in [5.74, 6) is 0.369. The third-order valence-electron chi connectivity index (χ3n) is 4.72. The smallest absolute Gasteiger partial charge is 0.257 e. The van der Waals surface area contributed by atoms with E-state index >= 15 is 0 Å². The molecule has 0 aromatic carbocycles. The molecule has 31 heavy (non-hydrogen) atoms. The molecule has 0 saturated carbocycles. The van der Waals surface area contributed by atoms with Crippen LogP contribution in [0.1, 0.15) is 22.2 Å². The van der Waals surface area contributed by atoms with Gasteiger partial charge in [-0.05, 0) is 12.1 Å². The lowest BCUT2D eigenvalue weighted by Crippen LogP contribution is -2.35. The number of rotatable bonds is 5. The summed E-state index contributed by atoms with van der Waals surface area (Å²) in [5, 5.41) is 2.87. The third kappa shape index (κ3) is 4.21. The molecule has 1 amide bonds. The first-order valence-electron chi connectivity index (χ1n) is 9.46. The molecule has 0 spiro atoms. The van der Waals surface area contributed by atoms with E-state index in [2.05, 4.69) is 25.3 Å². The number of hydrogen-bond acceptors (Lipinski definition) is 9. The summed E-state index contributed by atoms with van der Waals surface area (Å²) in [6.07, 6.45) is 2.95. The Morgan fingerprint density at radius 3 is 2.81 bits per heavy atom. The van der Waals surface area contributed by atoms with E-state index in [1.807, 2.05) is 0 Å². The minimum Gasteiger partial charge on any atom is -0.481 e. The zero-order valence-corrected chi connectivity index (χ0v) is 16.9. The number of methoxy groups -OCH3 is 2. The second kappa shape index (κ2) is 8.88. The molecule has 4 rings (SSSR count). The van der Waals surface area contributed by atoms with Gasteiger partial charge in [0.25, 0.3) is 11.5 Å². The van der Waals surface area contributed by atoms with Crippen molar-refractivity contribution in [1.82, 2.24) is 29.8 Å². The summed E-state index contributed by atoms with van der Waals surface area (Å²) in [7, 11) is 2.89. The Morgan fingerprint density at radius 1 is 1.19 bits per heavy atom. The highest BCUT2D eigenvalue weighted by Gasteiger charge is 2.26. The van der Waals surface area contributed by atoms with E-state index in [0.717, 1.165) is 0 Å². The van der Waals surface area contributed by atoms with E-state index in [1.54, 1.807) is 24.4 Å². The van der Waals surface area contributed by atoms with Crippen molar-refractivity contribution < 1.29 is 19.0 Å². The van der Waals surface area contributed by atoms with E-state index in [1.165, 1.54) is 31.2 Å². The number of carbonyl (C=O) groups excluding carboxylic acids is 1. The first kappa shape index (κ1) is 20.4. The predicted molar refractivity (Wildman–Crippen MR) is 108 cm³/mol. The van der Waals surface area contributed by atoms with Crippen molar-refractivity contribution in [1.29, 1.82) is 0 Å². The number of nitrogens with zero attached hydrogens (tertiary/aromatic N) is 5. The van der Waals surface area contributed by atoms with Gasteiger partial charge in [-0.15, -0.1) is 0 Å². The molecule has 160 valence electrons. The molecule has 1 aliphatic rings. The summed E-state index contributed by atoms with van der Waals surface area (Å²) >= 11 is 0. The van der Waals surface area contributed by atoms with Crippen LogP contribution in [0.25, 0.3) is 11.4 Å². The quantitative estimate of drug-likeness (QED) is 0.626. The van der Waals surface area contributed by atoms with Gasteiger partial charge in [0.05, 0.1) is 45.4 Å². The van der Waals surface area contributed by atoms with Gasteiger partial charge in [0, 0.05) is 18.3 Å². The van der Waals surface area contributed by atoms with E-state index in [-0.39, 0.29) is 23.6 Å². The molecule has 11 heteroatoms. The Morgan fingerprint density at radius 2 is 2.06 bits per heavy atom. The van der Waals surface area contributed by atoms with Gasteiger partial charge in [0.2, 0.25) is 11.8 Å². The highest BCUT2D eigenvalue weighted by molar-refractivity contribution is 5.96. The summed E-state index contributed by atoms with van der Waals surface area (Å²) in [6, 6.07) is 5.51. The highest BCUT2D eigenvalue weighted by Crippen LogP contribution is 2.22. The Hall–Kier alpha value is -3.86. The van der Waals surface area contributed by atoms with Crippen LogP contribution < -0.4 is 20.3 Å². The maximum absolute atomic E-state index is 13.0. The van der Waals surface area contributed by atoms with Gasteiger partial charge in [-0.1, -0.05) is 0 Å². The molecule has 0 bridgehead atoms. The number of hydrogen-bond donors (Lipinski definition) is 1. The SMILES string of the molecule is COc1ccc(C(=O)NC2COCCn3c2nc(-c2ccncn2)cc3=O)c(OC)n1. The van der Waals surface area contributed by atoms with Crippen LogP contribution in [-0.4, -0.2) is 57.8 Å². The molecule has 1 unspecified atom stereocenters. The van der Waals surface area contributed by atoms with Crippen molar-refractivity contribution in [2.45, 2.75) is 12.6 Å². The average Bonchev–Trinajstić information content (AvgIpc) is 3.01. The molecule has 0 radical (unpaired) electrons. The van der Waals surface area contributed by atoms with Crippen LogP contribution in [-0.2, 0) is 11.3 Å². The standard InChI is InChI=1S/C20H20N6O5/c1-29-16-4-3-12(20(25-16)30-2)19(28)24-15-10-31-8-7-26-17(27)9-14(23-18(15)26)13-5-6-21-11-22-13/h3-6,9,11,15H,7-8,10H2,1-2H3,(H,24,28). The Labute approximate surface area is 177 Å². The second-order valence-electron chi connectivity index (χ2n) is 6.60. The largest absolute Gasteiger partial charge is 0.481 e. The van der Waals surface area contributed by atoms with Crippen LogP contribution in [0.2, 0.25) is 0 Å². The normalized spacial score (nSPS) is 15.5. The molecule has 0 fully saturated rings. The van der Waals surface area contributed by atoms with Crippen molar-refractivity contribution in [3.63, 3.8) is 0 Å². The first-order valence-corrected chi connectivity index (χ1v) is 9.46. The number of carbonyl (C=O) groups is 1. The summed E-state index contributed by atoms with van der Waals surface area (Å²) in [6.45, 7) is 0.795. The van der Waals surface area contributed by atoms with Gasteiger partial charge >= 0.3 is 0 Å². The highest BCUT2D eigenvalue weighted by atomic mass is 16.5. The maximum Gasteiger partial charge on any atom is 0.257 e. The number of pyridine rings is 1. The van der Waals surface area contributed by atoms with Crippen LogP contribution in [0.3, 0.4) is 0 Å². The van der Waals surface area contributed by atoms with Crippen molar-refractivity contribution >= 4 is 5.91 Å². The number of amides is 1. The molecular weight excluding hydrogens is 404 g/mol. The first-order chi connectivity index (χ1) is 15.1. The molecule has 0 aliphatic carbocycles. The summed E-state index contributed by atoms with van der Waals surface area (Å²) in [5.41, 5.74) is 0.857. The van der Waals surface area contributed by atoms with Gasteiger partial charge in [-0.25, -0.2) is 15.0 Å². The fourth-order valence-corrected chi connectivity index (χ4v) is 3.23. The van der Waals surface area contributed by atoms with Gasteiger partial charge in [-0.2, -0.15) is 4.98 Å². The minimum absolute atomic E-state index is 0.117. The fraction of sp³-hybridized carbons (Fsp3) is 0.300. The second-order valence-corrected chi connectivity index (χ2v) is 6.60. The minimum atomic E-state index is -0.670. The van der Waals surface area contributed by atoms with Crippen molar-refractivity contribution in [3.8, 4) is 23.1 Å². The number of nitrogens with one attached hydrogen (secondary N) is 1. The Bertz CT molecular complexity index is 1150. The monoisotopic (exact) mass is 424 g/mol. The van der Waals surface area contributed by atoms with Crippen molar-refractivity contribution in [2.24, 2.45) is 0 Å². The third-order valence-corrected chi connectivity index (χ3v) is 4.72. The zero-order chi connectivity index (χ0) is 21.8. The van der Waals surface area contributed by atoms with Gasteiger partial charge in [-0.3, -0.25) is 14.2 Å². The van der Waals surface area contributed by atoms with Crippen LogP contribution in [0.5, 0.6) is 11.8 Å². The molecule has 3 aromatic heterocycles. The molecule has 11 nitrogen and oxygen atoms in total. The molecular formula is C20H20N6O5. The van der Waals surface area contributed by atoms with E-state index in [4.69, 9.17) is 14.2 Å². The van der Waals surface area contributed by atoms with Crippen LogP contribution in [0, 0.1) is 0 Å². The number of ether oxygens (including phenoxy) is 3.